The molecule has 0 fully saturated rings. The van der Waals surface area contributed by atoms with E-state index in [1.54, 1.807) is 11.0 Å². The van der Waals surface area contributed by atoms with E-state index in [1.807, 2.05) is 39.0 Å². The molecule has 0 radical (unpaired) electrons. The number of benzene rings is 1. The number of fused-ring (bicyclic) bond motifs is 1. The molecule has 0 aliphatic carbocycles. The largest absolute Gasteiger partial charge is 0.444 e. The summed E-state index contributed by atoms with van der Waals surface area (Å²) >= 11 is 0. The summed E-state index contributed by atoms with van der Waals surface area (Å²) in [5.74, 6) is 0.419. The van der Waals surface area contributed by atoms with Crippen molar-refractivity contribution in [3.05, 3.63) is 47.2 Å². The summed E-state index contributed by atoms with van der Waals surface area (Å²) in [5, 5.41) is 6.92. The number of carbonyl (C=O) groups excluding carboxylic acids is 1. The lowest BCUT2D eigenvalue weighted by molar-refractivity contribution is 0.0111. The van der Waals surface area contributed by atoms with E-state index in [0.29, 0.717) is 18.8 Å². The predicted octanol–water partition coefficient (Wildman–Crippen LogP) is 3.03. The van der Waals surface area contributed by atoms with Crippen molar-refractivity contribution in [3.8, 4) is 0 Å². The molecule has 6 nitrogen and oxygen atoms in total. The van der Waals surface area contributed by atoms with Crippen LogP contribution in [-0.4, -0.2) is 26.8 Å². The highest BCUT2D eigenvalue weighted by Crippen LogP contribution is 2.34. The van der Waals surface area contributed by atoms with Crippen molar-refractivity contribution in [3.63, 3.8) is 0 Å². The van der Waals surface area contributed by atoms with Crippen molar-refractivity contribution in [2.24, 2.45) is 0 Å². The minimum atomic E-state index is -0.536. The van der Waals surface area contributed by atoms with Gasteiger partial charge in [-0.25, -0.2) is 4.79 Å². The third-order valence-electron chi connectivity index (χ3n) is 3.85. The Morgan fingerprint density at radius 3 is 2.65 bits per heavy atom. The van der Waals surface area contributed by atoms with E-state index in [2.05, 4.69) is 16.3 Å². The number of ether oxygens (including phenoxy) is 1. The molecule has 0 saturated carbocycles. The standard InChI is InChI=1S/C17H22N4O2/c1-17(2,3)23-16(22)21-10-12-7-5-4-6-11(12)8-14(21)13-9-15(18)20-19-13/h4-7,9,14H,8,10H2,1-3H3,(H3,18,19,20). The van der Waals surface area contributed by atoms with Crippen LogP contribution in [0, 0.1) is 0 Å². The number of H-pyrrole nitrogens is 1. The molecule has 0 spiro atoms. The van der Waals surface area contributed by atoms with E-state index in [9.17, 15) is 4.79 Å². The van der Waals surface area contributed by atoms with Gasteiger partial charge < -0.3 is 10.5 Å². The first-order valence-corrected chi connectivity index (χ1v) is 7.71. The van der Waals surface area contributed by atoms with Crippen LogP contribution < -0.4 is 5.73 Å². The maximum atomic E-state index is 12.7. The smallest absolute Gasteiger partial charge is 0.411 e. The number of aromatic amines is 1. The van der Waals surface area contributed by atoms with Crippen LogP contribution in [0.5, 0.6) is 0 Å². The average Bonchev–Trinajstić information content (AvgIpc) is 2.90. The van der Waals surface area contributed by atoms with Gasteiger partial charge in [0, 0.05) is 12.6 Å². The maximum absolute atomic E-state index is 12.7. The zero-order valence-electron chi connectivity index (χ0n) is 13.7. The molecule has 1 atom stereocenters. The van der Waals surface area contributed by atoms with Crippen LogP contribution in [0.3, 0.4) is 0 Å². The molecule has 2 heterocycles. The molecule has 0 bridgehead atoms. The quantitative estimate of drug-likeness (QED) is 0.847. The fraction of sp³-hybridized carbons (Fsp3) is 0.412. The number of carbonyl (C=O) groups is 1. The lowest BCUT2D eigenvalue weighted by Crippen LogP contribution is -2.42. The van der Waals surface area contributed by atoms with E-state index in [1.165, 1.54) is 5.56 Å². The van der Waals surface area contributed by atoms with Crippen molar-refractivity contribution in [1.82, 2.24) is 15.1 Å². The molecule has 1 aliphatic rings. The molecule has 6 heteroatoms. The minimum absolute atomic E-state index is 0.162. The monoisotopic (exact) mass is 314 g/mol. The van der Waals surface area contributed by atoms with Crippen molar-refractivity contribution in [1.29, 1.82) is 0 Å². The van der Waals surface area contributed by atoms with Gasteiger partial charge in [0.15, 0.2) is 0 Å². The molecule has 1 aromatic heterocycles. The predicted molar refractivity (Wildman–Crippen MR) is 87.7 cm³/mol. The van der Waals surface area contributed by atoms with Crippen LogP contribution >= 0.6 is 0 Å². The zero-order valence-corrected chi connectivity index (χ0v) is 13.7. The number of nitrogen functional groups attached to an aromatic ring is 1. The first kappa shape index (κ1) is 15.4. The number of aromatic nitrogens is 2. The Morgan fingerprint density at radius 1 is 1.35 bits per heavy atom. The van der Waals surface area contributed by atoms with Gasteiger partial charge in [-0.3, -0.25) is 10.00 Å². The lowest BCUT2D eigenvalue weighted by Gasteiger charge is -2.37. The summed E-state index contributed by atoms with van der Waals surface area (Å²) in [4.78, 5) is 14.4. The summed E-state index contributed by atoms with van der Waals surface area (Å²) in [6, 6.07) is 9.75. The SMILES string of the molecule is CC(C)(C)OC(=O)N1Cc2ccccc2CC1c1cc(N)n[nH]1. The highest BCUT2D eigenvalue weighted by atomic mass is 16.6. The highest BCUT2D eigenvalue weighted by molar-refractivity contribution is 5.69. The fourth-order valence-corrected chi connectivity index (χ4v) is 2.84. The summed E-state index contributed by atoms with van der Waals surface area (Å²) in [6.45, 7) is 6.11. The molecule has 122 valence electrons. The van der Waals surface area contributed by atoms with Crippen molar-refractivity contribution >= 4 is 11.9 Å². The summed E-state index contributed by atoms with van der Waals surface area (Å²) in [6.07, 6.45) is 0.377. The van der Waals surface area contributed by atoms with Gasteiger partial charge in [0.05, 0.1) is 11.7 Å². The second kappa shape index (κ2) is 5.61. The summed E-state index contributed by atoms with van der Waals surface area (Å²) in [7, 11) is 0. The van der Waals surface area contributed by atoms with Crippen LogP contribution in [0.1, 0.15) is 43.6 Å². The van der Waals surface area contributed by atoms with Crippen molar-refractivity contribution in [2.75, 3.05) is 5.73 Å². The molecule has 2 aromatic rings. The van der Waals surface area contributed by atoms with E-state index in [4.69, 9.17) is 10.5 Å². The van der Waals surface area contributed by atoms with Gasteiger partial charge in [0.25, 0.3) is 0 Å². The Hall–Kier alpha value is -2.50. The van der Waals surface area contributed by atoms with E-state index in [-0.39, 0.29) is 12.1 Å². The molecule has 3 N–H and O–H groups in total. The number of amides is 1. The first-order valence-electron chi connectivity index (χ1n) is 7.71. The molecule has 1 aromatic carbocycles. The summed E-state index contributed by atoms with van der Waals surface area (Å²) < 4.78 is 5.57. The van der Waals surface area contributed by atoms with Gasteiger partial charge in [0.1, 0.15) is 11.4 Å². The Labute approximate surface area is 135 Å². The topological polar surface area (TPSA) is 84.2 Å². The molecule has 1 amide bonds. The van der Waals surface area contributed by atoms with E-state index < -0.39 is 5.60 Å². The Morgan fingerprint density at radius 2 is 2.04 bits per heavy atom. The molecule has 3 rings (SSSR count). The number of nitrogens with one attached hydrogen (secondary N) is 1. The first-order chi connectivity index (χ1) is 10.8. The van der Waals surface area contributed by atoms with Gasteiger partial charge in [-0.2, -0.15) is 5.10 Å². The molecule has 0 saturated heterocycles. The van der Waals surface area contributed by atoms with Crippen molar-refractivity contribution in [2.45, 2.75) is 45.4 Å². The number of nitrogens with two attached hydrogens (primary N) is 1. The van der Waals surface area contributed by atoms with Crippen LogP contribution in [0.15, 0.2) is 30.3 Å². The van der Waals surface area contributed by atoms with Gasteiger partial charge >= 0.3 is 6.09 Å². The van der Waals surface area contributed by atoms with Gasteiger partial charge in [-0.15, -0.1) is 0 Å². The molecule has 23 heavy (non-hydrogen) atoms. The Balaban J connectivity index is 1.94. The van der Waals surface area contributed by atoms with Crippen molar-refractivity contribution < 1.29 is 9.53 Å². The fourth-order valence-electron chi connectivity index (χ4n) is 2.84. The number of rotatable bonds is 1. The van der Waals surface area contributed by atoms with Crippen LogP contribution in [0.25, 0.3) is 0 Å². The number of hydrogen-bond acceptors (Lipinski definition) is 4. The van der Waals surface area contributed by atoms with E-state index in [0.717, 1.165) is 11.3 Å². The Kier molecular flexibility index (Phi) is 3.75. The Bertz CT molecular complexity index is 717. The van der Waals surface area contributed by atoms with Crippen LogP contribution in [0.4, 0.5) is 10.6 Å². The van der Waals surface area contributed by atoms with Crippen LogP contribution in [0.2, 0.25) is 0 Å². The van der Waals surface area contributed by atoms with E-state index >= 15 is 0 Å². The normalized spacial score (nSPS) is 17.7. The van der Waals surface area contributed by atoms with Gasteiger partial charge in [-0.1, -0.05) is 24.3 Å². The minimum Gasteiger partial charge on any atom is -0.444 e. The maximum Gasteiger partial charge on any atom is 0.411 e. The lowest BCUT2D eigenvalue weighted by atomic mass is 9.92. The molecule has 1 unspecified atom stereocenters. The van der Waals surface area contributed by atoms with Gasteiger partial charge in [-0.05, 0) is 38.3 Å². The third kappa shape index (κ3) is 3.31. The second-order valence-electron chi connectivity index (χ2n) is 6.85. The second-order valence-corrected chi connectivity index (χ2v) is 6.85. The summed E-state index contributed by atoms with van der Waals surface area (Å²) in [5.41, 5.74) is 8.38. The molecular formula is C17H22N4O2. The average molecular weight is 314 g/mol. The van der Waals surface area contributed by atoms with Gasteiger partial charge in [0.2, 0.25) is 0 Å². The van der Waals surface area contributed by atoms with Crippen LogP contribution in [-0.2, 0) is 17.7 Å². The highest BCUT2D eigenvalue weighted by Gasteiger charge is 2.34. The zero-order chi connectivity index (χ0) is 16.6. The number of nitrogens with zero attached hydrogens (tertiary/aromatic N) is 2. The third-order valence-corrected chi connectivity index (χ3v) is 3.85. The number of anilines is 1. The molecule has 1 aliphatic heterocycles. The number of hydrogen-bond donors (Lipinski definition) is 2. The molecular weight excluding hydrogens is 292 g/mol.